The van der Waals surface area contributed by atoms with Gasteiger partial charge in [-0.1, -0.05) is 46.9 Å². The topological polar surface area (TPSA) is 77.0 Å². The van der Waals surface area contributed by atoms with E-state index >= 15 is 0 Å². The van der Waals surface area contributed by atoms with E-state index in [1.165, 1.54) is 18.3 Å². The fourth-order valence-electron chi connectivity index (χ4n) is 2.64. The fourth-order valence-corrected chi connectivity index (χ4v) is 3.35. The number of hydrogen-bond acceptors (Lipinski definition) is 5. The molecule has 0 saturated carbocycles. The van der Waals surface area contributed by atoms with Crippen LogP contribution in [0.5, 0.6) is 11.5 Å². The molecule has 3 aromatic rings. The van der Waals surface area contributed by atoms with Gasteiger partial charge in [-0.2, -0.15) is 5.10 Å². The molecule has 0 atom stereocenters. The Morgan fingerprint density at radius 1 is 0.938 bits per heavy atom. The van der Waals surface area contributed by atoms with E-state index in [1.54, 1.807) is 55.5 Å². The molecule has 0 saturated heterocycles. The largest absolute Gasteiger partial charge is 0.490 e. The van der Waals surface area contributed by atoms with Crippen molar-refractivity contribution in [2.75, 3.05) is 6.61 Å². The van der Waals surface area contributed by atoms with E-state index < -0.39 is 11.9 Å². The fraction of sp³-hybridized carbons (Fsp3) is 0.0870. The predicted octanol–water partition coefficient (Wildman–Crippen LogP) is 6.03. The van der Waals surface area contributed by atoms with Crippen LogP contribution < -0.4 is 14.9 Å². The Hall–Kier alpha value is -3.06. The molecule has 0 aliphatic carbocycles. The Morgan fingerprint density at radius 2 is 1.72 bits per heavy atom. The van der Waals surface area contributed by atoms with Crippen LogP contribution in [0.25, 0.3) is 0 Å². The summed E-state index contributed by atoms with van der Waals surface area (Å²) in [7, 11) is 0. The number of esters is 1. The number of nitrogens with zero attached hydrogens (tertiary/aromatic N) is 1. The van der Waals surface area contributed by atoms with Crippen molar-refractivity contribution in [3.63, 3.8) is 0 Å². The molecular weight excluding hydrogens is 475 g/mol. The molecule has 0 bridgehead atoms. The molecule has 1 N–H and O–H groups in total. The molecule has 0 unspecified atom stereocenters. The third kappa shape index (κ3) is 6.01. The number of hydrogen-bond donors (Lipinski definition) is 1. The first kappa shape index (κ1) is 23.6. The highest BCUT2D eigenvalue weighted by molar-refractivity contribution is 6.36. The molecule has 3 rings (SSSR count). The lowest BCUT2D eigenvalue weighted by Gasteiger charge is -2.12. The van der Waals surface area contributed by atoms with Crippen molar-refractivity contribution in [1.82, 2.24) is 5.43 Å². The lowest BCUT2D eigenvalue weighted by molar-refractivity contribution is 0.0728. The summed E-state index contributed by atoms with van der Waals surface area (Å²) in [5, 5.41) is 4.85. The van der Waals surface area contributed by atoms with Gasteiger partial charge in [-0.15, -0.1) is 0 Å². The molecule has 3 aromatic carbocycles. The highest BCUT2D eigenvalue weighted by Gasteiger charge is 2.16. The van der Waals surface area contributed by atoms with Crippen LogP contribution in [-0.2, 0) is 0 Å². The molecule has 0 fully saturated rings. The number of carbonyl (C=O) groups excluding carboxylic acids is 2. The first-order chi connectivity index (χ1) is 15.4. The summed E-state index contributed by atoms with van der Waals surface area (Å²) in [6, 6.07) is 16.0. The van der Waals surface area contributed by atoms with Crippen molar-refractivity contribution < 1.29 is 19.1 Å². The summed E-state index contributed by atoms with van der Waals surface area (Å²) in [5.41, 5.74) is 3.50. The van der Waals surface area contributed by atoms with Gasteiger partial charge in [-0.05, 0) is 61.0 Å². The summed E-state index contributed by atoms with van der Waals surface area (Å²) in [6.07, 6.45) is 1.43. The third-order valence-electron chi connectivity index (χ3n) is 4.12. The quantitative estimate of drug-likeness (QED) is 0.189. The minimum Gasteiger partial charge on any atom is -0.490 e. The molecule has 0 aromatic heterocycles. The SMILES string of the molecule is CCOc1cc(/C=N\NC(=O)c2ccccc2Cl)ccc1OC(=O)c1ccc(Cl)cc1Cl. The van der Waals surface area contributed by atoms with Gasteiger partial charge < -0.3 is 9.47 Å². The third-order valence-corrected chi connectivity index (χ3v) is 5.00. The Kier molecular flexibility index (Phi) is 8.11. The molecule has 0 aliphatic rings. The summed E-state index contributed by atoms with van der Waals surface area (Å²) in [5.74, 6) is -0.559. The molecule has 164 valence electrons. The van der Waals surface area contributed by atoms with Crippen LogP contribution in [0.3, 0.4) is 0 Å². The smallest absolute Gasteiger partial charge is 0.345 e. The van der Waals surface area contributed by atoms with Gasteiger partial charge in [0.2, 0.25) is 0 Å². The normalized spacial score (nSPS) is 10.8. The van der Waals surface area contributed by atoms with Crippen molar-refractivity contribution in [1.29, 1.82) is 0 Å². The average molecular weight is 492 g/mol. The Balaban J connectivity index is 1.74. The number of nitrogens with one attached hydrogen (secondary N) is 1. The summed E-state index contributed by atoms with van der Waals surface area (Å²) in [6.45, 7) is 2.14. The van der Waals surface area contributed by atoms with Crippen LogP contribution >= 0.6 is 34.8 Å². The minimum absolute atomic E-state index is 0.173. The van der Waals surface area contributed by atoms with E-state index in [0.29, 0.717) is 33.5 Å². The summed E-state index contributed by atoms with van der Waals surface area (Å²) >= 11 is 18.0. The van der Waals surface area contributed by atoms with Gasteiger partial charge in [0.25, 0.3) is 5.91 Å². The van der Waals surface area contributed by atoms with E-state index in [4.69, 9.17) is 44.3 Å². The highest BCUT2D eigenvalue weighted by atomic mass is 35.5. The highest BCUT2D eigenvalue weighted by Crippen LogP contribution is 2.30. The average Bonchev–Trinajstić information content (AvgIpc) is 2.75. The van der Waals surface area contributed by atoms with Crippen LogP contribution in [-0.4, -0.2) is 24.7 Å². The number of halogens is 3. The Bertz CT molecular complexity index is 1180. The monoisotopic (exact) mass is 490 g/mol. The Morgan fingerprint density at radius 3 is 2.44 bits per heavy atom. The van der Waals surface area contributed by atoms with E-state index in [-0.39, 0.29) is 16.3 Å². The van der Waals surface area contributed by atoms with Crippen molar-refractivity contribution in [3.05, 3.63) is 92.4 Å². The predicted molar refractivity (Wildman–Crippen MR) is 126 cm³/mol. The van der Waals surface area contributed by atoms with Crippen molar-refractivity contribution in [2.24, 2.45) is 5.10 Å². The first-order valence-electron chi connectivity index (χ1n) is 9.41. The maximum atomic E-state index is 12.5. The summed E-state index contributed by atoms with van der Waals surface area (Å²) in [4.78, 5) is 24.7. The lowest BCUT2D eigenvalue weighted by Crippen LogP contribution is -2.18. The van der Waals surface area contributed by atoms with Gasteiger partial charge in [-0.25, -0.2) is 10.2 Å². The van der Waals surface area contributed by atoms with Gasteiger partial charge >= 0.3 is 5.97 Å². The number of carbonyl (C=O) groups is 2. The number of amides is 1. The Labute approximate surface area is 199 Å². The maximum absolute atomic E-state index is 12.5. The minimum atomic E-state index is -0.652. The van der Waals surface area contributed by atoms with Gasteiger partial charge in [0.15, 0.2) is 11.5 Å². The standard InChI is InChI=1S/C23H17Cl3N2O4/c1-2-31-21-11-14(13-27-28-22(29)16-5-3-4-6-18(16)25)7-10-20(21)32-23(30)17-9-8-15(24)12-19(17)26/h3-13H,2H2,1H3,(H,28,29)/b27-13-. The molecule has 0 spiro atoms. The zero-order valence-electron chi connectivity index (χ0n) is 16.8. The second kappa shape index (κ2) is 11.0. The zero-order chi connectivity index (χ0) is 23.1. The number of benzene rings is 3. The van der Waals surface area contributed by atoms with E-state index in [2.05, 4.69) is 10.5 Å². The second-order valence-corrected chi connectivity index (χ2v) is 7.58. The number of rotatable bonds is 7. The molecule has 9 heteroatoms. The van der Waals surface area contributed by atoms with Crippen LogP contribution in [0.1, 0.15) is 33.2 Å². The van der Waals surface area contributed by atoms with Crippen molar-refractivity contribution in [3.8, 4) is 11.5 Å². The van der Waals surface area contributed by atoms with E-state index in [9.17, 15) is 9.59 Å². The van der Waals surface area contributed by atoms with Gasteiger partial charge in [0.1, 0.15) is 0 Å². The first-order valence-corrected chi connectivity index (χ1v) is 10.5. The van der Waals surface area contributed by atoms with Crippen LogP contribution in [0, 0.1) is 0 Å². The summed E-state index contributed by atoms with van der Waals surface area (Å²) < 4.78 is 11.0. The van der Waals surface area contributed by atoms with Crippen LogP contribution in [0.15, 0.2) is 65.8 Å². The molecule has 6 nitrogen and oxygen atoms in total. The zero-order valence-corrected chi connectivity index (χ0v) is 19.0. The van der Waals surface area contributed by atoms with Crippen LogP contribution in [0.2, 0.25) is 15.1 Å². The van der Waals surface area contributed by atoms with Gasteiger partial charge in [0.05, 0.1) is 34.0 Å². The van der Waals surface area contributed by atoms with Crippen molar-refractivity contribution >= 4 is 52.9 Å². The van der Waals surface area contributed by atoms with E-state index in [1.807, 2.05) is 0 Å². The number of ether oxygens (including phenoxy) is 2. The van der Waals surface area contributed by atoms with Gasteiger partial charge in [0, 0.05) is 5.02 Å². The molecule has 0 heterocycles. The molecule has 0 radical (unpaired) electrons. The second-order valence-electron chi connectivity index (χ2n) is 6.33. The van der Waals surface area contributed by atoms with E-state index in [0.717, 1.165) is 0 Å². The maximum Gasteiger partial charge on any atom is 0.345 e. The molecular formula is C23H17Cl3N2O4. The molecule has 32 heavy (non-hydrogen) atoms. The lowest BCUT2D eigenvalue weighted by atomic mass is 10.2. The van der Waals surface area contributed by atoms with Gasteiger partial charge in [-0.3, -0.25) is 4.79 Å². The number of hydrazone groups is 1. The van der Waals surface area contributed by atoms with Crippen molar-refractivity contribution in [2.45, 2.75) is 6.92 Å². The molecule has 1 amide bonds. The molecule has 0 aliphatic heterocycles. The van der Waals surface area contributed by atoms with Crippen LogP contribution in [0.4, 0.5) is 0 Å².